The number of hydrogen-bond donors (Lipinski definition) is 1. The van der Waals surface area contributed by atoms with Gasteiger partial charge < -0.3 is 19.5 Å². The molecule has 0 aromatic heterocycles. The van der Waals surface area contributed by atoms with Crippen LogP contribution in [0.25, 0.3) is 0 Å². The molecule has 0 aliphatic carbocycles. The van der Waals surface area contributed by atoms with Gasteiger partial charge in [0.1, 0.15) is 5.75 Å². The van der Waals surface area contributed by atoms with E-state index < -0.39 is 29.7 Å². The fraction of sp³-hybridized carbons (Fsp3) is 0.115. The summed E-state index contributed by atoms with van der Waals surface area (Å²) in [4.78, 5) is 64.2. The molecule has 3 aromatic rings. The molecular weight excluding hydrogens is 468 g/mol. The van der Waals surface area contributed by atoms with Gasteiger partial charge in [-0.3, -0.25) is 14.4 Å². The summed E-state index contributed by atoms with van der Waals surface area (Å²) >= 11 is 0. The number of imide groups is 1. The van der Waals surface area contributed by atoms with Crippen LogP contribution in [0, 0.1) is 0 Å². The predicted molar refractivity (Wildman–Crippen MR) is 128 cm³/mol. The highest BCUT2D eigenvalue weighted by atomic mass is 16.5. The van der Waals surface area contributed by atoms with Crippen LogP contribution in [0.4, 0.5) is 11.4 Å². The van der Waals surface area contributed by atoms with Crippen LogP contribution in [-0.2, 0) is 9.47 Å². The Labute approximate surface area is 205 Å². The van der Waals surface area contributed by atoms with Crippen molar-refractivity contribution in [2.45, 2.75) is 0 Å². The lowest BCUT2D eigenvalue weighted by Crippen LogP contribution is -2.29. The molecule has 3 aromatic carbocycles. The summed E-state index contributed by atoms with van der Waals surface area (Å²) in [5.41, 5.74) is 0.694. The van der Waals surface area contributed by atoms with E-state index >= 15 is 0 Å². The number of nitrogens with one attached hydrogen (secondary N) is 1. The molecule has 0 fully saturated rings. The molecule has 1 aliphatic heterocycles. The molecule has 1 N–H and O–H groups in total. The molecule has 0 saturated heterocycles. The molecule has 1 aliphatic rings. The summed E-state index contributed by atoms with van der Waals surface area (Å²) in [6, 6.07) is 14.5. The summed E-state index contributed by atoms with van der Waals surface area (Å²) in [7, 11) is 3.85. The molecule has 0 radical (unpaired) electrons. The summed E-state index contributed by atoms with van der Waals surface area (Å²) < 4.78 is 14.6. The van der Waals surface area contributed by atoms with Crippen LogP contribution in [0.5, 0.6) is 5.75 Å². The molecule has 10 heteroatoms. The average molecular weight is 488 g/mol. The summed E-state index contributed by atoms with van der Waals surface area (Å²) in [6.45, 7) is 0. The zero-order valence-electron chi connectivity index (χ0n) is 19.5. The van der Waals surface area contributed by atoms with Gasteiger partial charge in [0.15, 0.2) is 0 Å². The third kappa shape index (κ3) is 4.27. The van der Waals surface area contributed by atoms with Gasteiger partial charge in [-0.25, -0.2) is 14.5 Å². The third-order valence-electron chi connectivity index (χ3n) is 5.55. The van der Waals surface area contributed by atoms with E-state index in [1.54, 1.807) is 24.3 Å². The Balaban J connectivity index is 1.66. The number of nitrogens with zero attached hydrogens (tertiary/aromatic N) is 1. The lowest BCUT2D eigenvalue weighted by atomic mass is 10.0. The van der Waals surface area contributed by atoms with Gasteiger partial charge in [-0.05, 0) is 48.5 Å². The number of carbonyl (C=O) groups is 5. The minimum absolute atomic E-state index is 0.00937. The van der Waals surface area contributed by atoms with E-state index in [0.29, 0.717) is 11.4 Å². The second-order valence-corrected chi connectivity index (χ2v) is 7.61. The largest absolute Gasteiger partial charge is 0.497 e. The molecule has 3 amide bonds. The van der Waals surface area contributed by atoms with Crippen LogP contribution in [-0.4, -0.2) is 51.0 Å². The van der Waals surface area contributed by atoms with Crippen molar-refractivity contribution < 1.29 is 38.2 Å². The zero-order chi connectivity index (χ0) is 26.0. The molecule has 4 rings (SSSR count). The molecule has 182 valence electrons. The third-order valence-corrected chi connectivity index (χ3v) is 5.55. The first kappa shape index (κ1) is 24.1. The van der Waals surface area contributed by atoms with Gasteiger partial charge in [0.05, 0.1) is 55.0 Å². The Morgan fingerprint density at radius 1 is 0.750 bits per heavy atom. The molecule has 36 heavy (non-hydrogen) atoms. The fourth-order valence-corrected chi connectivity index (χ4v) is 3.74. The second kappa shape index (κ2) is 9.71. The highest BCUT2D eigenvalue weighted by Gasteiger charge is 2.37. The lowest BCUT2D eigenvalue weighted by Gasteiger charge is -2.14. The Kier molecular flexibility index (Phi) is 6.51. The van der Waals surface area contributed by atoms with Gasteiger partial charge in [0.2, 0.25) is 0 Å². The highest BCUT2D eigenvalue weighted by molar-refractivity contribution is 6.34. The van der Waals surface area contributed by atoms with Crippen molar-refractivity contribution in [1.29, 1.82) is 0 Å². The van der Waals surface area contributed by atoms with E-state index in [9.17, 15) is 24.0 Å². The van der Waals surface area contributed by atoms with E-state index in [4.69, 9.17) is 14.2 Å². The highest BCUT2D eigenvalue weighted by Crippen LogP contribution is 2.31. The number of anilines is 2. The van der Waals surface area contributed by atoms with Crippen molar-refractivity contribution in [2.75, 3.05) is 31.5 Å². The van der Waals surface area contributed by atoms with E-state index in [1.165, 1.54) is 57.7 Å². The zero-order valence-corrected chi connectivity index (χ0v) is 19.5. The Morgan fingerprint density at radius 3 is 2.14 bits per heavy atom. The number of hydrogen-bond acceptors (Lipinski definition) is 8. The molecule has 0 saturated carbocycles. The molecule has 0 bridgehead atoms. The van der Waals surface area contributed by atoms with Gasteiger partial charge >= 0.3 is 11.9 Å². The van der Waals surface area contributed by atoms with Crippen molar-refractivity contribution >= 4 is 41.0 Å². The van der Waals surface area contributed by atoms with Crippen LogP contribution >= 0.6 is 0 Å². The standard InChI is InChI=1S/C26H20N2O8/c1-34-17-6-4-5-16(13-17)28-23(30)18-9-7-14(11-20(18)24(28)31)22(29)27-21-12-15(25(32)35-2)8-10-19(21)26(33)36-3/h4-13H,1-3H3,(H,27,29). The van der Waals surface area contributed by atoms with Gasteiger partial charge in [0, 0.05) is 11.6 Å². The van der Waals surface area contributed by atoms with Crippen molar-refractivity contribution in [3.8, 4) is 5.75 Å². The van der Waals surface area contributed by atoms with Crippen LogP contribution in [0.3, 0.4) is 0 Å². The normalized spacial score (nSPS) is 12.1. The van der Waals surface area contributed by atoms with E-state index in [2.05, 4.69) is 5.32 Å². The summed E-state index contributed by atoms with van der Waals surface area (Å²) in [6.07, 6.45) is 0. The number of ether oxygens (including phenoxy) is 3. The molecule has 0 unspecified atom stereocenters. The Morgan fingerprint density at radius 2 is 1.44 bits per heavy atom. The van der Waals surface area contributed by atoms with Crippen LogP contribution in [0.1, 0.15) is 51.8 Å². The average Bonchev–Trinajstić information content (AvgIpc) is 3.16. The molecule has 10 nitrogen and oxygen atoms in total. The maximum Gasteiger partial charge on any atom is 0.339 e. The van der Waals surface area contributed by atoms with Crippen molar-refractivity contribution in [3.05, 3.63) is 88.5 Å². The van der Waals surface area contributed by atoms with E-state index in [0.717, 1.165) is 4.90 Å². The quantitative estimate of drug-likeness (QED) is 0.413. The van der Waals surface area contributed by atoms with Crippen LogP contribution in [0.15, 0.2) is 60.7 Å². The lowest BCUT2D eigenvalue weighted by molar-refractivity contribution is 0.0587. The van der Waals surface area contributed by atoms with Gasteiger partial charge in [-0.1, -0.05) is 6.07 Å². The van der Waals surface area contributed by atoms with E-state index in [1.807, 2.05) is 0 Å². The van der Waals surface area contributed by atoms with Crippen molar-refractivity contribution in [3.63, 3.8) is 0 Å². The van der Waals surface area contributed by atoms with Crippen LogP contribution < -0.4 is 15.0 Å². The van der Waals surface area contributed by atoms with Gasteiger partial charge in [-0.2, -0.15) is 0 Å². The van der Waals surface area contributed by atoms with E-state index in [-0.39, 0.29) is 33.5 Å². The van der Waals surface area contributed by atoms with Crippen molar-refractivity contribution in [2.24, 2.45) is 0 Å². The predicted octanol–water partition coefficient (Wildman–Crippen LogP) is 3.32. The van der Waals surface area contributed by atoms with Gasteiger partial charge in [-0.15, -0.1) is 0 Å². The number of rotatable bonds is 6. The molecule has 1 heterocycles. The topological polar surface area (TPSA) is 128 Å². The maximum atomic E-state index is 13.1. The SMILES string of the molecule is COC(=O)c1ccc(C(=O)OC)c(NC(=O)c2ccc3c(c2)C(=O)N(c2cccc(OC)c2)C3=O)c1. The molecular formula is C26H20N2O8. The summed E-state index contributed by atoms with van der Waals surface area (Å²) in [5.74, 6) is -2.73. The van der Waals surface area contributed by atoms with Crippen LogP contribution in [0.2, 0.25) is 0 Å². The Bertz CT molecular complexity index is 1430. The minimum Gasteiger partial charge on any atom is -0.497 e. The number of carbonyl (C=O) groups excluding carboxylic acids is 5. The number of fused-ring (bicyclic) bond motifs is 1. The monoisotopic (exact) mass is 488 g/mol. The molecule has 0 atom stereocenters. The first-order valence-corrected chi connectivity index (χ1v) is 10.6. The second-order valence-electron chi connectivity index (χ2n) is 7.61. The first-order chi connectivity index (χ1) is 17.3. The fourth-order valence-electron chi connectivity index (χ4n) is 3.74. The van der Waals surface area contributed by atoms with Crippen molar-refractivity contribution in [1.82, 2.24) is 0 Å². The smallest absolute Gasteiger partial charge is 0.339 e. The van der Waals surface area contributed by atoms with Gasteiger partial charge in [0.25, 0.3) is 17.7 Å². The number of methoxy groups -OCH3 is 3. The summed E-state index contributed by atoms with van der Waals surface area (Å²) in [5, 5.41) is 2.56. The number of amides is 3. The number of esters is 2. The minimum atomic E-state index is -0.731. The first-order valence-electron chi connectivity index (χ1n) is 10.6. The molecule has 0 spiro atoms. The maximum absolute atomic E-state index is 13.1. The Hall–Kier alpha value is -4.99. The number of benzene rings is 3.